The second-order valence-electron chi connectivity index (χ2n) is 6.58. The highest BCUT2D eigenvalue weighted by Gasteiger charge is 2.22. The molecule has 0 aliphatic carbocycles. The van der Waals surface area contributed by atoms with Crippen LogP contribution in [0.3, 0.4) is 0 Å². The molecule has 0 saturated carbocycles. The highest BCUT2D eigenvalue weighted by Crippen LogP contribution is 2.31. The fraction of sp³-hybridized carbons (Fsp3) is 0.632. The van der Waals surface area contributed by atoms with E-state index in [4.69, 9.17) is 9.47 Å². The van der Waals surface area contributed by atoms with E-state index in [9.17, 15) is 15.0 Å². The van der Waals surface area contributed by atoms with Crippen LogP contribution < -0.4 is 4.74 Å². The van der Waals surface area contributed by atoms with Crippen molar-refractivity contribution in [3.8, 4) is 11.5 Å². The summed E-state index contributed by atoms with van der Waals surface area (Å²) in [5.41, 5.74) is 1.17. The number of benzene rings is 1. The van der Waals surface area contributed by atoms with Gasteiger partial charge in [-0.05, 0) is 57.1 Å². The molecule has 1 aliphatic rings. The molecule has 134 valence electrons. The Kier molecular flexibility index (Phi) is 6.91. The van der Waals surface area contributed by atoms with Gasteiger partial charge in [-0.3, -0.25) is 0 Å². The van der Waals surface area contributed by atoms with Crippen molar-refractivity contribution in [3.05, 3.63) is 23.3 Å². The Morgan fingerprint density at radius 1 is 1.12 bits per heavy atom. The average molecular weight is 336 g/mol. The summed E-state index contributed by atoms with van der Waals surface area (Å²) in [5.74, 6) is 0.0275. The van der Waals surface area contributed by atoms with E-state index in [1.54, 1.807) is 6.07 Å². The van der Waals surface area contributed by atoms with Crippen molar-refractivity contribution in [1.82, 2.24) is 0 Å². The number of esters is 1. The minimum atomic E-state index is -0.410. The normalized spacial score (nSPS) is 23.7. The van der Waals surface area contributed by atoms with Crippen molar-refractivity contribution < 1.29 is 24.5 Å². The average Bonchev–Trinajstić information content (AvgIpc) is 2.52. The predicted molar refractivity (Wildman–Crippen MR) is 91.6 cm³/mol. The van der Waals surface area contributed by atoms with Crippen molar-refractivity contribution in [1.29, 1.82) is 0 Å². The van der Waals surface area contributed by atoms with Gasteiger partial charge in [-0.25, -0.2) is 4.79 Å². The molecule has 5 nitrogen and oxygen atoms in total. The van der Waals surface area contributed by atoms with Gasteiger partial charge in [-0.2, -0.15) is 0 Å². The van der Waals surface area contributed by atoms with E-state index < -0.39 is 5.97 Å². The van der Waals surface area contributed by atoms with Gasteiger partial charge in [0.25, 0.3) is 0 Å². The van der Waals surface area contributed by atoms with Crippen molar-refractivity contribution in [2.45, 2.75) is 70.5 Å². The number of phenols is 1. The molecule has 1 aromatic carbocycles. The van der Waals surface area contributed by atoms with Gasteiger partial charge in [0, 0.05) is 6.07 Å². The summed E-state index contributed by atoms with van der Waals surface area (Å²) in [5, 5.41) is 19.8. The number of phenolic OH excluding ortho intramolecular Hbond substituents is 1. The molecule has 2 unspecified atom stereocenters. The number of hydrogen-bond donors (Lipinski definition) is 2. The standard InChI is InChI=1S/C19H28O5/c1-13-7-6-10-15(20)9-5-3-4-8-14-11-16(21)12-17(23-2)18(14)19(22)24-13/h11-13,15,20-21H,3-10H2,1-2H3. The zero-order valence-electron chi connectivity index (χ0n) is 14.6. The van der Waals surface area contributed by atoms with E-state index in [1.165, 1.54) is 13.2 Å². The molecular formula is C19H28O5. The summed E-state index contributed by atoms with van der Waals surface area (Å²) in [6, 6.07) is 3.06. The summed E-state index contributed by atoms with van der Waals surface area (Å²) in [6.45, 7) is 1.86. The lowest BCUT2D eigenvalue weighted by molar-refractivity contribution is 0.0305. The molecule has 1 aliphatic heterocycles. The zero-order valence-corrected chi connectivity index (χ0v) is 14.6. The maximum Gasteiger partial charge on any atom is 0.342 e. The molecule has 1 aromatic rings. The number of aryl methyl sites for hydroxylation is 1. The topological polar surface area (TPSA) is 76.0 Å². The number of hydrogen-bond acceptors (Lipinski definition) is 5. The molecule has 2 atom stereocenters. The van der Waals surface area contributed by atoms with Crippen LogP contribution in [0.5, 0.6) is 11.5 Å². The summed E-state index contributed by atoms with van der Waals surface area (Å²) in [6.07, 6.45) is 6.10. The molecule has 0 saturated heterocycles. The van der Waals surface area contributed by atoms with Gasteiger partial charge in [0.05, 0.1) is 19.3 Å². The van der Waals surface area contributed by atoms with Crippen LogP contribution in [0.15, 0.2) is 12.1 Å². The highest BCUT2D eigenvalue weighted by molar-refractivity contribution is 5.94. The fourth-order valence-electron chi connectivity index (χ4n) is 3.20. The van der Waals surface area contributed by atoms with Crippen molar-refractivity contribution in [2.24, 2.45) is 0 Å². The number of aliphatic hydroxyl groups is 1. The maximum absolute atomic E-state index is 12.6. The third-order valence-corrected chi connectivity index (χ3v) is 4.53. The van der Waals surface area contributed by atoms with Crippen molar-refractivity contribution >= 4 is 5.97 Å². The van der Waals surface area contributed by atoms with Crippen LogP contribution >= 0.6 is 0 Å². The Bertz CT molecular complexity index is 555. The Labute approximate surface area is 143 Å². The lowest BCUT2D eigenvalue weighted by Gasteiger charge is -2.19. The summed E-state index contributed by atoms with van der Waals surface area (Å²) >= 11 is 0. The largest absolute Gasteiger partial charge is 0.508 e. The number of aromatic hydroxyl groups is 1. The zero-order chi connectivity index (χ0) is 17.5. The number of carbonyl (C=O) groups is 1. The molecule has 0 fully saturated rings. The number of cyclic esters (lactones) is 1. The molecule has 0 radical (unpaired) electrons. The predicted octanol–water partition coefficient (Wildman–Crippen LogP) is 3.59. The second-order valence-corrected chi connectivity index (χ2v) is 6.58. The number of aliphatic hydroxyl groups excluding tert-OH is 1. The van der Waals surface area contributed by atoms with Gasteiger partial charge in [-0.15, -0.1) is 0 Å². The molecule has 24 heavy (non-hydrogen) atoms. The molecule has 2 rings (SSSR count). The van der Waals surface area contributed by atoms with Crippen molar-refractivity contribution in [3.63, 3.8) is 0 Å². The minimum Gasteiger partial charge on any atom is -0.508 e. The van der Waals surface area contributed by atoms with E-state index in [0.29, 0.717) is 17.7 Å². The van der Waals surface area contributed by atoms with Crippen LogP contribution in [0.1, 0.15) is 67.8 Å². The first-order valence-corrected chi connectivity index (χ1v) is 8.80. The minimum absolute atomic E-state index is 0.0861. The first kappa shape index (κ1) is 18.6. The Balaban J connectivity index is 2.26. The van der Waals surface area contributed by atoms with E-state index in [2.05, 4.69) is 0 Å². The molecule has 0 amide bonds. The smallest absolute Gasteiger partial charge is 0.342 e. The first-order valence-electron chi connectivity index (χ1n) is 8.80. The van der Waals surface area contributed by atoms with Gasteiger partial charge in [0.15, 0.2) is 0 Å². The van der Waals surface area contributed by atoms with Crippen molar-refractivity contribution in [2.75, 3.05) is 7.11 Å². The van der Waals surface area contributed by atoms with Gasteiger partial charge >= 0.3 is 5.97 Å². The van der Waals surface area contributed by atoms with Gasteiger partial charge in [-0.1, -0.05) is 12.8 Å². The van der Waals surface area contributed by atoms with Crippen LogP contribution in [0, 0.1) is 0 Å². The van der Waals surface area contributed by atoms with E-state index in [-0.39, 0.29) is 18.0 Å². The Morgan fingerprint density at radius 3 is 2.62 bits per heavy atom. The lowest BCUT2D eigenvalue weighted by Crippen LogP contribution is -2.18. The maximum atomic E-state index is 12.6. The SMILES string of the molecule is COc1cc(O)cc2c1C(=O)OC(C)CCCC(O)CCCCC2. The molecule has 0 bridgehead atoms. The number of fused-ring (bicyclic) bond motifs is 1. The number of carbonyl (C=O) groups excluding carboxylic acids is 1. The Morgan fingerprint density at radius 2 is 1.88 bits per heavy atom. The van der Waals surface area contributed by atoms with Crippen LogP contribution in [0.2, 0.25) is 0 Å². The van der Waals surface area contributed by atoms with Gasteiger partial charge < -0.3 is 19.7 Å². The summed E-state index contributed by atoms with van der Waals surface area (Å²) in [7, 11) is 1.48. The Hall–Kier alpha value is -1.75. The lowest BCUT2D eigenvalue weighted by atomic mass is 9.97. The third-order valence-electron chi connectivity index (χ3n) is 4.53. The highest BCUT2D eigenvalue weighted by atomic mass is 16.5. The van der Waals surface area contributed by atoms with Gasteiger partial charge in [0.1, 0.15) is 17.1 Å². The molecular weight excluding hydrogens is 308 g/mol. The van der Waals surface area contributed by atoms with E-state index in [0.717, 1.165) is 50.5 Å². The van der Waals surface area contributed by atoms with Crippen LogP contribution in [-0.4, -0.2) is 35.5 Å². The summed E-state index contributed by atoms with van der Waals surface area (Å²) < 4.78 is 10.8. The van der Waals surface area contributed by atoms with E-state index in [1.807, 2.05) is 6.92 Å². The van der Waals surface area contributed by atoms with Crippen LogP contribution in [0.4, 0.5) is 0 Å². The fourth-order valence-corrected chi connectivity index (χ4v) is 3.20. The third kappa shape index (κ3) is 5.13. The van der Waals surface area contributed by atoms with E-state index >= 15 is 0 Å². The first-order chi connectivity index (χ1) is 11.5. The monoisotopic (exact) mass is 336 g/mol. The number of methoxy groups -OCH3 is 1. The number of ether oxygens (including phenoxy) is 2. The quantitative estimate of drug-likeness (QED) is 0.767. The molecule has 0 aromatic heterocycles. The number of rotatable bonds is 1. The molecule has 1 heterocycles. The summed E-state index contributed by atoms with van der Waals surface area (Å²) in [4.78, 5) is 12.6. The van der Waals surface area contributed by atoms with Gasteiger partial charge in [0.2, 0.25) is 0 Å². The molecule has 2 N–H and O–H groups in total. The van der Waals surface area contributed by atoms with Crippen LogP contribution in [0.25, 0.3) is 0 Å². The molecule has 0 spiro atoms. The second kappa shape index (κ2) is 8.92. The van der Waals surface area contributed by atoms with Crippen LogP contribution in [-0.2, 0) is 11.2 Å². The molecule has 5 heteroatoms.